The van der Waals surface area contributed by atoms with E-state index in [4.69, 9.17) is 5.11 Å². The topological polar surface area (TPSA) is 91.3 Å². The molecule has 1 heterocycles. The summed E-state index contributed by atoms with van der Waals surface area (Å²) in [5, 5.41) is 16.3. The first-order valence-electron chi connectivity index (χ1n) is 6.03. The second kappa shape index (κ2) is 7.19. The second-order valence-corrected chi connectivity index (χ2v) is 5.93. The van der Waals surface area contributed by atoms with Crippen molar-refractivity contribution >= 4 is 45.0 Å². The van der Waals surface area contributed by atoms with Crippen molar-refractivity contribution in [3.63, 3.8) is 0 Å². The highest BCUT2D eigenvalue weighted by Crippen LogP contribution is 2.15. The Morgan fingerprint density at radius 1 is 1.38 bits per heavy atom. The number of aromatic carboxylic acids is 1. The number of thiazole rings is 1. The monoisotopic (exact) mass is 369 g/mol. The lowest BCUT2D eigenvalue weighted by Gasteiger charge is -2.07. The van der Waals surface area contributed by atoms with Crippen molar-refractivity contribution in [1.29, 1.82) is 0 Å². The molecule has 1 aromatic heterocycles. The summed E-state index contributed by atoms with van der Waals surface area (Å²) in [5.41, 5.74) is 0.720. The summed E-state index contributed by atoms with van der Waals surface area (Å²) >= 11 is 4.59. The van der Waals surface area contributed by atoms with Crippen molar-refractivity contribution in [1.82, 2.24) is 10.3 Å². The average molecular weight is 370 g/mol. The number of halogens is 1. The van der Waals surface area contributed by atoms with Crippen molar-refractivity contribution in [3.05, 3.63) is 44.8 Å². The number of carbonyl (C=O) groups excluding carboxylic acids is 1. The van der Waals surface area contributed by atoms with Crippen LogP contribution in [0, 0.1) is 0 Å². The molecule has 0 aliphatic carbocycles. The van der Waals surface area contributed by atoms with Crippen LogP contribution in [0.25, 0.3) is 0 Å². The van der Waals surface area contributed by atoms with E-state index in [0.717, 1.165) is 4.47 Å². The van der Waals surface area contributed by atoms with Gasteiger partial charge in [-0.2, -0.15) is 0 Å². The fourth-order valence-corrected chi connectivity index (χ4v) is 2.72. The number of carboxylic acid groups (broad SMARTS) is 1. The zero-order chi connectivity index (χ0) is 15.2. The van der Waals surface area contributed by atoms with Crippen LogP contribution in [0.2, 0.25) is 0 Å². The number of hydrogen-bond acceptors (Lipinski definition) is 4. The Hall–Kier alpha value is -1.93. The van der Waals surface area contributed by atoms with Gasteiger partial charge >= 0.3 is 12.0 Å². The van der Waals surface area contributed by atoms with E-state index in [1.165, 1.54) is 16.7 Å². The fraction of sp³-hybridized carbons (Fsp3) is 0.154. The average Bonchev–Trinajstić information content (AvgIpc) is 2.87. The van der Waals surface area contributed by atoms with Crippen molar-refractivity contribution in [2.75, 3.05) is 11.9 Å². The molecular formula is C13H12BrN3O3S. The Labute approximate surface area is 133 Å². The lowest BCUT2D eigenvalue weighted by molar-refractivity contribution is 0.0691. The number of rotatable bonds is 5. The molecule has 0 bridgehead atoms. The maximum atomic E-state index is 11.7. The maximum absolute atomic E-state index is 11.7. The predicted octanol–water partition coefficient (Wildman–Crippen LogP) is 2.97. The quantitative estimate of drug-likeness (QED) is 0.755. The Bertz CT molecular complexity index is 660. The van der Waals surface area contributed by atoms with Crippen molar-refractivity contribution < 1.29 is 14.7 Å². The van der Waals surface area contributed by atoms with Crippen LogP contribution in [-0.4, -0.2) is 28.6 Å². The number of aromatic nitrogens is 1. The van der Waals surface area contributed by atoms with Gasteiger partial charge in [-0.05, 0) is 18.2 Å². The Kier molecular flexibility index (Phi) is 5.29. The van der Waals surface area contributed by atoms with Gasteiger partial charge in [0.05, 0.1) is 5.01 Å². The smallest absolute Gasteiger partial charge is 0.355 e. The van der Waals surface area contributed by atoms with Gasteiger partial charge in [-0.1, -0.05) is 22.0 Å². The van der Waals surface area contributed by atoms with Crippen molar-refractivity contribution in [2.24, 2.45) is 0 Å². The highest BCUT2D eigenvalue weighted by atomic mass is 79.9. The molecule has 0 saturated heterocycles. The summed E-state index contributed by atoms with van der Waals surface area (Å²) in [6.45, 7) is 0.381. The van der Waals surface area contributed by atoms with Crippen LogP contribution in [0.3, 0.4) is 0 Å². The van der Waals surface area contributed by atoms with Crippen LogP contribution in [0.15, 0.2) is 34.1 Å². The molecule has 0 spiro atoms. The Morgan fingerprint density at radius 3 is 2.86 bits per heavy atom. The molecule has 8 heteroatoms. The Morgan fingerprint density at radius 2 is 2.19 bits per heavy atom. The molecule has 0 fully saturated rings. The highest BCUT2D eigenvalue weighted by molar-refractivity contribution is 9.10. The largest absolute Gasteiger partial charge is 0.476 e. The van der Waals surface area contributed by atoms with E-state index < -0.39 is 5.97 Å². The molecule has 2 aromatic rings. The molecule has 1 aromatic carbocycles. The van der Waals surface area contributed by atoms with Crippen molar-refractivity contribution in [3.8, 4) is 0 Å². The van der Waals surface area contributed by atoms with Gasteiger partial charge in [0.25, 0.3) is 0 Å². The van der Waals surface area contributed by atoms with E-state index in [-0.39, 0.29) is 11.7 Å². The molecule has 0 atom stereocenters. The second-order valence-electron chi connectivity index (χ2n) is 4.07. The third-order valence-electron chi connectivity index (χ3n) is 2.48. The van der Waals surface area contributed by atoms with Gasteiger partial charge in [0.1, 0.15) is 0 Å². The van der Waals surface area contributed by atoms with Crippen LogP contribution >= 0.6 is 27.3 Å². The minimum absolute atomic E-state index is 0.0357. The van der Waals surface area contributed by atoms with Gasteiger partial charge in [-0.3, -0.25) is 0 Å². The number of amides is 2. The van der Waals surface area contributed by atoms with E-state index in [2.05, 4.69) is 31.5 Å². The molecule has 110 valence electrons. The number of anilines is 1. The first-order valence-corrected chi connectivity index (χ1v) is 7.70. The number of nitrogens with zero attached hydrogens (tertiary/aromatic N) is 1. The summed E-state index contributed by atoms with van der Waals surface area (Å²) in [6.07, 6.45) is 0.490. The molecule has 3 N–H and O–H groups in total. The summed E-state index contributed by atoms with van der Waals surface area (Å²) in [7, 11) is 0. The first-order chi connectivity index (χ1) is 10.0. The molecule has 0 unspecified atom stereocenters. The summed E-state index contributed by atoms with van der Waals surface area (Å²) in [5.74, 6) is -1.04. The zero-order valence-electron chi connectivity index (χ0n) is 10.8. The Balaban J connectivity index is 1.77. The van der Waals surface area contributed by atoms with Gasteiger partial charge in [-0.15, -0.1) is 11.3 Å². The number of hydrogen-bond donors (Lipinski definition) is 3. The van der Waals surface area contributed by atoms with E-state index in [9.17, 15) is 9.59 Å². The number of urea groups is 1. The summed E-state index contributed by atoms with van der Waals surface area (Å²) in [4.78, 5) is 26.3. The zero-order valence-corrected chi connectivity index (χ0v) is 13.2. The number of nitrogens with one attached hydrogen (secondary N) is 2. The number of carbonyl (C=O) groups is 2. The molecular weight excluding hydrogens is 358 g/mol. The molecule has 0 aliphatic rings. The molecule has 2 rings (SSSR count). The number of carboxylic acids is 1. The third kappa shape index (κ3) is 4.83. The molecule has 6 nitrogen and oxygen atoms in total. The van der Waals surface area contributed by atoms with Gasteiger partial charge in [0, 0.05) is 28.5 Å². The highest BCUT2D eigenvalue weighted by Gasteiger charge is 2.08. The lowest BCUT2D eigenvalue weighted by atomic mass is 10.3. The molecule has 0 aliphatic heterocycles. The number of benzene rings is 1. The van der Waals surface area contributed by atoms with Crippen LogP contribution in [0.5, 0.6) is 0 Å². The maximum Gasteiger partial charge on any atom is 0.355 e. The van der Waals surface area contributed by atoms with E-state index in [1.807, 2.05) is 12.1 Å². The van der Waals surface area contributed by atoms with Crippen molar-refractivity contribution in [2.45, 2.75) is 6.42 Å². The van der Waals surface area contributed by atoms with Gasteiger partial charge in [0.2, 0.25) is 0 Å². The van der Waals surface area contributed by atoms with E-state index in [0.29, 0.717) is 23.7 Å². The minimum atomic E-state index is -1.04. The van der Waals surface area contributed by atoms with Crippen LogP contribution < -0.4 is 10.6 Å². The SMILES string of the molecule is O=C(NCCc1nc(C(=O)O)cs1)Nc1cccc(Br)c1. The van der Waals surface area contributed by atoms with Crippen LogP contribution in [-0.2, 0) is 6.42 Å². The van der Waals surface area contributed by atoms with Gasteiger partial charge in [-0.25, -0.2) is 14.6 Å². The lowest BCUT2D eigenvalue weighted by Crippen LogP contribution is -2.30. The minimum Gasteiger partial charge on any atom is -0.476 e. The predicted molar refractivity (Wildman–Crippen MR) is 83.9 cm³/mol. The van der Waals surface area contributed by atoms with Gasteiger partial charge in [0.15, 0.2) is 5.69 Å². The normalized spacial score (nSPS) is 10.1. The van der Waals surface area contributed by atoms with E-state index >= 15 is 0 Å². The van der Waals surface area contributed by atoms with E-state index in [1.54, 1.807) is 12.1 Å². The van der Waals surface area contributed by atoms with Crippen LogP contribution in [0.1, 0.15) is 15.5 Å². The molecule has 0 saturated carbocycles. The molecule has 21 heavy (non-hydrogen) atoms. The van der Waals surface area contributed by atoms with Gasteiger partial charge < -0.3 is 15.7 Å². The third-order valence-corrected chi connectivity index (χ3v) is 3.88. The first kappa shape index (κ1) is 15.5. The molecule has 2 amide bonds. The van der Waals surface area contributed by atoms with Crippen LogP contribution in [0.4, 0.5) is 10.5 Å². The fourth-order valence-electron chi connectivity index (χ4n) is 1.55. The summed E-state index contributed by atoms with van der Waals surface area (Å²) in [6, 6.07) is 6.95. The summed E-state index contributed by atoms with van der Waals surface area (Å²) < 4.78 is 0.879. The molecule has 0 radical (unpaired) electrons. The standard InChI is InChI=1S/C13H12BrN3O3S/c14-8-2-1-3-9(6-8)16-13(20)15-5-4-11-17-10(7-21-11)12(18)19/h1-3,6-7H,4-5H2,(H,18,19)(H2,15,16,20).